The van der Waals surface area contributed by atoms with Crippen LogP contribution in [0.25, 0.3) is 5.70 Å². The van der Waals surface area contributed by atoms with Gasteiger partial charge in [0.05, 0.1) is 27.7 Å². The summed E-state index contributed by atoms with van der Waals surface area (Å²) in [5.41, 5.74) is 4.03. The van der Waals surface area contributed by atoms with Gasteiger partial charge in [0.25, 0.3) is 20.0 Å². The Hall–Kier alpha value is -3.10. The van der Waals surface area contributed by atoms with Crippen LogP contribution in [0.4, 0.5) is 0 Å². The molecule has 0 bridgehead atoms. The first-order chi connectivity index (χ1) is 15.5. The van der Waals surface area contributed by atoms with Gasteiger partial charge in [0.2, 0.25) is 0 Å². The summed E-state index contributed by atoms with van der Waals surface area (Å²) in [7, 11) is -6.35. The molecule has 0 spiro atoms. The number of nitrogens with zero attached hydrogens (tertiary/aromatic N) is 2. The molecular weight excluding hydrogens is 456 g/mol. The highest BCUT2D eigenvalue weighted by Gasteiger charge is 2.35. The summed E-state index contributed by atoms with van der Waals surface area (Å²) in [6, 6.07) is 20.5. The van der Waals surface area contributed by atoms with Gasteiger partial charge in [0.15, 0.2) is 0 Å². The summed E-state index contributed by atoms with van der Waals surface area (Å²) >= 11 is 0. The molecule has 0 fully saturated rings. The van der Waals surface area contributed by atoms with Crippen molar-refractivity contribution in [3.05, 3.63) is 101 Å². The van der Waals surface area contributed by atoms with E-state index in [2.05, 4.69) is 0 Å². The van der Waals surface area contributed by atoms with E-state index in [1.165, 1.54) is 15.7 Å². The molecule has 33 heavy (non-hydrogen) atoms. The normalized spacial score (nSPS) is 14.2. The fourth-order valence-electron chi connectivity index (χ4n) is 3.96. The molecule has 3 aromatic rings. The van der Waals surface area contributed by atoms with Gasteiger partial charge in [-0.25, -0.2) is 16.8 Å². The van der Waals surface area contributed by atoms with E-state index in [9.17, 15) is 16.8 Å². The zero-order valence-electron chi connectivity index (χ0n) is 19.0. The molecule has 3 aromatic carbocycles. The standard InChI is InChI=1S/C25H26N2O4S2/c1-18-9-13-22(14-10-18)32(28,29)26(4)25-20(3)27(17-21-7-5-6-8-24(21)25)33(30,31)23-15-11-19(2)12-16-23/h5-16H,17H2,1-4H3. The van der Waals surface area contributed by atoms with Crippen LogP contribution in [0.3, 0.4) is 0 Å². The topological polar surface area (TPSA) is 74.8 Å². The minimum Gasteiger partial charge on any atom is -0.267 e. The maximum absolute atomic E-state index is 13.6. The second-order valence-corrected chi connectivity index (χ2v) is 12.0. The molecule has 0 unspecified atom stereocenters. The highest BCUT2D eigenvalue weighted by Crippen LogP contribution is 2.38. The van der Waals surface area contributed by atoms with E-state index in [-0.39, 0.29) is 16.3 Å². The molecule has 0 saturated heterocycles. The fourth-order valence-corrected chi connectivity index (χ4v) is 6.72. The van der Waals surface area contributed by atoms with Crippen LogP contribution in [0.1, 0.15) is 29.2 Å². The van der Waals surface area contributed by atoms with Crippen LogP contribution in [0.5, 0.6) is 0 Å². The summed E-state index contributed by atoms with van der Waals surface area (Å²) < 4.78 is 56.6. The van der Waals surface area contributed by atoms with Crippen molar-refractivity contribution in [3.8, 4) is 0 Å². The van der Waals surface area contributed by atoms with Crippen LogP contribution in [-0.2, 0) is 26.6 Å². The van der Waals surface area contributed by atoms with Crippen molar-refractivity contribution in [3.63, 3.8) is 0 Å². The van der Waals surface area contributed by atoms with E-state index in [0.717, 1.165) is 16.7 Å². The minimum atomic E-state index is -3.92. The Morgan fingerprint density at radius 3 is 1.82 bits per heavy atom. The van der Waals surface area contributed by atoms with E-state index in [1.54, 1.807) is 55.5 Å². The van der Waals surface area contributed by atoms with Gasteiger partial charge in [-0.05, 0) is 50.6 Å². The molecule has 8 heteroatoms. The number of hydrogen-bond acceptors (Lipinski definition) is 4. The average Bonchev–Trinajstić information content (AvgIpc) is 2.78. The Bertz CT molecular complexity index is 1440. The predicted octanol–water partition coefficient (Wildman–Crippen LogP) is 4.52. The van der Waals surface area contributed by atoms with Crippen molar-refractivity contribution in [2.45, 2.75) is 37.1 Å². The molecule has 1 aliphatic heterocycles. The number of allylic oxidation sites excluding steroid dienone is 1. The number of benzene rings is 3. The first-order valence-electron chi connectivity index (χ1n) is 10.5. The lowest BCUT2D eigenvalue weighted by molar-refractivity contribution is 0.458. The quantitative estimate of drug-likeness (QED) is 0.536. The van der Waals surface area contributed by atoms with Crippen molar-refractivity contribution < 1.29 is 16.8 Å². The molecule has 0 atom stereocenters. The maximum Gasteiger partial charge on any atom is 0.264 e. The lowest BCUT2D eigenvalue weighted by Crippen LogP contribution is -2.37. The first kappa shape index (κ1) is 23.1. The number of aryl methyl sites for hydroxylation is 2. The van der Waals surface area contributed by atoms with Crippen LogP contribution in [0.15, 0.2) is 88.3 Å². The zero-order chi connectivity index (χ0) is 24.0. The first-order valence-corrected chi connectivity index (χ1v) is 13.4. The molecule has 6 nitrogen and oxygen atoms in total. The zero-order valence-corrected chi connectivity index (χ0v) is 20.6. The van der Waals surface area contributed by atoms with Gasteiger partial charge >= 0.3 is 0 Å². The third-order valence-electron chi connectivity index (χ3n) is 5.91. The summed E-state index contributed by atoms with van der Waals surface area (Å²) in [6.07, 6.45) is 0. The Kier molecular flexibility index (Phi) is 5.84. The number of hydrogen-bond donors (Lipinski definition) is 0. The van der Waals surface area contributed by atoms with Gasteiger partial charge in [-0.1, -0.05) is 59.7 Å². The smallest absolute Gasteiger partial charge is 0.264 e. The second kappa shape index (κ2) is 8.35. The lowest BCUT2D eigenvalue weighted by atomic mass is 10.00. The van der Waals surface area contributed by atoms with Crippen molar-refractivity contribution in [1.29, 1.82) is 0 Å². The highest BCUT2D eigenvalue weighted by molar-refractivity contribution is 7.89. The monoisotopic (exact) mass is 482 g/mol. The van der Waals surface area contributed by atoms with E-state index in [4.69, 9.17) is 0 Å². The molecule has 4 rings (SSSR count). The summed E-state index contributed by atoms with van der Waals surface area (Å²) in [4.78, 5) is 0.308. The largest absolute Gasteiger partial charge is 0.267 e. The maximum atomic E-state index is 13.6. The Labute approximate surface area is 195 Å². The Morgan fingerprint density at radius 2 is 1.24 bits per heavy atom. The number of sulfonamides is 2. The van der Waals surface area contributed by atoms with Gasteiger partial charge in [-0.2, -0.15) is 0 Å². The van der Waals surface area contributed by atoms with Crippen molar-refractivity contribution >= 4 is 25.7 Å². The molecule has 172 valence electrons. The van der Waals surface area contributed by atoms with Crippen molar-refractivity contribution in [2.24, 2.45) is 0 Å². The lowest BCUT2D eigenvalue weighted by Gasteiger charge is -2.36. The van der Waals surface area contributed by atoms with Gasteiger partial charge in [0, 0.05) is 12.6 Å². The molecule has 0 aliphatic carbocycles. The third kappa shape index (κ3) is 4.05. The van der Waals surface area contributed by atoms with Gasteiger partial charge in [0.1, 0.15) is 0 Å². The molecule has 0 aromatic heterocycles. The SMILES string of the molecule is CC1=C(N(C)S(=O)(=O)c2ccc(C)cc2)c2ccccc2CN1S(=O)(=O)c1ccc(C)cc1. The Morgan fingerprint density at radius 1 is 0.727 bits per heavy atom. The molecule has 0 radical (unpaired) electrons. The minimum absolute atomic E-state index is 0.125. The predicted molar refractivity (Wildman–Crippen MR) is 129 cm³/mol. The molecule has 0 saturated carbocycles. The van der Waals surface area contributed by atoms with E-state index < -0.39 is 20.0 Å². The van der Waals surface area contributed by atoms with E-state index in [1.807, 2.05) is 38.1 Å². The number of fused-ring (bicyclic) bond motifs is 1. The average molecular weight is 483 g/mol. The summed E-state index contributed by atoms with van der Waals surface area (Å²) in [5, 5.41) is 0. The fraction of sp³-hybridized carbons (Fsp3) is 0.200. The molecular formula is C25H26N2O4S2. The molecule has 0 amide bonds. The molecule has 1 heterocycles. The van der Waals surface area contributed by atoms with Crippen LogP contribution in [0.2, 0.25) is 0 Å². The highest BCUT2D eigenvalue weighted by atomic mass is 32.2. The van der Waals surface area contributed by atoms with E-state index in [0.29, 0.717) is 17.0 Å². The van der Waals surface area contributed by atoms with Gasteiger partial charge in [-0.3, -0.25) is 8.61 Å². The Balaban J connectivity index is 1.88. The van der Waals surface area contributed by atoms with Crippen LogP contribution < -0.4 is 0 Å². The van der Waals surface area contributed by atoms with E-state index >= 15 is 0 Å². The van der Waals surface area contributed by atoms with Crippen molar-refractivity contribution in [1.82, 2.24) is 8.61 Å². The summed E-state index contributed by atoms with van der Waals surface area (Å²) in [5.74, 6) is 0. The number of rotatable bonds is 5. The van der Waals surface area contributed by atoms with Crippen LogP contribution >= 0.6 is 0 Å². The van der Waals surface area contributed by atoms with Gasteiger partial charge < -0.3 is 0 Å². The van der Waals surface area contributed by atoms with Crippen molar-refractivity contribution in [2.75, 3.05) is 7.05 Å². The third-order valence-corrected chi connectivity index (χ3v) is 9.53. The van der Waals surface area contributed by atoms with Gasteiger partial charge in [-0.15, -0.1) is 0 Å². The molecule has 0 N–H and O–H groups in total. The summed E-state index contributed by atoms with van der Waals surface area (Å²) in [6.45, 7) is 5.55. The van der Waals surface area contributed by atoms with Crippen LogP contribution in [0, 0.1) is 13.8 Å². The second-order valence-electron chi connectivity index (χ2n) is 8.20. The van der Waals surface area contributed by atoms with Crippen LogP contribution in [-0.4, -0.2) is 32.5 Å². The molecule has 1 aliphatic rings.